The highest BCUT2D eigenvalue weighted by Crippen LogP contribution is 2.67. The maximum Gasteiger partial charge on any atom is 0.164 e. The van der Waals surface area contributed by atoms with Gasteiger partial charge in [-0.25, -0.2) is 0 Å². The minimum atomic E-state index is -1.09. The van der Waals surface area contributed by atoms with Crippen LogP contribution in [0.3, 0.4) is 0 Å². The van der Waals surface area contributed by atoms with Crippen molar-refractivity contribution >= 4 is 5.78 Å². The molecule has 3 atom stereocenters. The van der Waals surface area contributed by atoms with Crippen LogP contribution >= 0.6 is 0 Å². The van der Waals surface area contributed by atoms with Gasteiger partial charge in [0, 0.05) is 22.3 Å². The molecule has 0 aliphatic heterocycles. The van der Waals surface area contributed by atoms with Gasteiger partial charge in [-0.05, 0) is 33.1 Å². The molecule has 0 aromatic carbocycles. The maximum absolute atomic E-state index is 12.5. The number of carbonyl (C=O) groups excluding carboxylic acids is 1. The highest BCUT2D eigenvalue weighted by Gasteiger charge is 2.67. The van der Waals surface area contributed by atoms with Gasteiger partial charge < -0.3 is 10.2 Å². The Morgan fingerprint density at radius 3 is 2.28 bits per heavy atom. The maximum atomic E-state index is 12.5. The first-order chi connectivity index (χ1) is 8.15. The van der Waals surface area contributed by atoms with E-state index in [2.05, 4.69) is 0 Å². The van der Waals surface area contributed by atoms with Crippen molar-refractivity contribution in [1.82, 2.24) is 0 Å². The first-order valence-electron chi connectivity index (χ1n) is 6.82. The van der Waals surface area contributed by atoms with Gasteiger partial charge in [0.25, 0.3) is 0 Å². The Morgan fingerprint density at radius 2 is 1.78 bits per heavy atom. The summed E-state index contributed by atoms with van der Waals surface area (Å²) in [5.41, 5.74) is 0.0221. The van der Waals surface area contributed by atoms with Gasteiger partial charge in [-0.3, -0.25) is 4.79 Å². The Morgan fingerprint density at radius 1 is 1.22 bits per heavy atom. The molecule has 2 fully saturated rings. The van der Waals surface area contributed by atoms with Crippen LogP contribution in [0.25, 0.3) is 0 Å². The average Bonchev–Trinajstić information content (AvgIpc) is 3.02. The summed E-state index contributed by atoms with van der Waals surface area (Å²) >= 11 is 0. The molecular weight excluding hydrogens is 228 g/mol. The predicted molar refractivity (Wildman–Crippen MR) is 67.9 cm³/mol. The number of rotatable bonds is 0. The van der Waals surface area contributed by atoms with E-state index in [1.54, 1.807) is 6.92 Å². The number of fused-ring (bicyclic) bond motifs is 1. The lowest BCUT2D eigenvalue weighted by Gasteiger charge is -2.45. The van der Waals surface area contributed by atoms with Gasteiger partial charge in [0.15, 0.2) is 5.78 Å². The van der Waals surface area contributed by atoms with E-state index < -0.39 is 17.1 Å². The fraction of sp³-hybridized carbons (Fsp3) is 0.800. The van der Waals surface area contributed by atoms with E-state index in [9.17, 15) is 15.0 Å². The standard InChI is InChI=1S/C15H22O3/c1-8-10-9(7-13(2,3)12(10)17)11(16)14(4,18)15(8)5-6-15/h9,11,16,18H,5-7H2,1-4H3/t9-,11+,14-/m0/s1. The summed E-state index contributed by atoms with van der Waals surface area (Å²) in [6, 6.07) is 0. The molecule has 1 spiro atoms. The lowest BCUT2D eigenvalue weighted by atomic mass is 9.65. The molecule has 18 heavy (non-hydrogen) atoms. The minimum Gasteiger partial charge on any atom is -0.389 e. The van der Waals surface area contributed by atoms with Crippen LogP contribution in [-0.2, 0) is 4.79 Å². The number of carbonyl (C=O) groups is 1. The van der Waals surface area contributed by atoms with Crippen LogP contribution in [0.4, 0.5) is 0 Å². The molecule has 0 aromatic heterocycles. The molecule has 3 aliphatic rings. The Hall–Kier alpha value is -0.670. The Balaban J connectivity index is 2.20. The van der Waals surface area contributed by atoms with Crippen LogP contribution in [-0.4, -0.2) is 27.7 Å². The number of aliphatic hydroxyl groups is 2. The molecule has 2 N–H and O–H groups in total. The van der Waals surface area contributed by atoms with Crippen molar-refractivity contribution in [3.8, 4) is 0 Å². The van der Waals surface area contributed by atoms with Gasteiger partial charge in [-0.2, -0.15) is 0 Å². The molecule has 0 heterocycles. The van der Waals surface area contributed by atoms with Crippen LogP contribution in [0.5, 0.6) is 0 Å². The molecular formula is C15H22O3. The zero-order valence-corrected chi connectivity index (χ0v) is 11.6. The van der Waals surface area contributed by atoms with E-state index in [0.717, 1.165) is 24.0 Å². The number of hydrogen-bond acceptors (Lipinski definition) is 3. The van der Waals surface area contributed by atoms with E-state index in [0.29, 0.717) is 6.42 Å². The summed E-state index contributed by atoms with van der Waals surface area (Å²) in [5, 5.41) is 21.2. The van der Waals surface area contributed by atoms with Crippen molar-refractivity contribution < 1.29 is 15.0 Å². The monoisotopic (exact) mass is 250 g/mol. The molecule has 3 rings (SSSR count). The van der Waals surface area contributed by atoms with Gasteiger partial charge in [-0.1, -0.05) is 19.4 Å². The van der Waals surface area contributed by atoms with Crippen molar-refractivity contribution in [2.45, 2.75) is 58.7 Å². The second-order valence-corrected chi connectivity index (χ2v) is 7.24. The summed E-state index contributed by atoms with van der Waals surface area (Å²) in [7, 11) is 0. The van der Waals surface area contributed by atoms with Crippen LogP contribution in [0.15, 0.2) is 11.1 Å². The molecule has 3 aliphatic carbocycles. The van der Waals surface area contributed by atoms with Gasteiger partial charge >= 0.3 is 0 Å². The molecule has 0 unspecified atom stereocenters. The summed E-state index contributed by atoms with van der Waals surface area (Å²) in [6.07, 6.45) is 1.59. The molecule has 0 amide bonds. The van der Waals surface area contributed by atoms with Crippen molar-refractivity contribution in [3.63, 3.8) is 0 Å². The molecule has 0 saturated heterocycles. The lowest BCUT2D eigenvalue weighted by molar-refractivity contribution is -0.128. The van der Waals surface area contributed by atoms with Gasteiger partial charge in [0.05, 0.1) is 11.7 Å². The normalized spacial score (nSPS) is 44.4. The molecule has 3 nitrogen and oxygen atoms in total. The van der Waals surface area contributed by atoms with E-state index >= 15 is 0 Å². The molecule has 100 valence electrons. The summed E-state index contributed by atoms with van der Waals surface area (Å²) < 4.78 is 0. The van der Waals surface area contributed by atoms with Gasteiger partial charge in [0.2, 0.25) is 0 Å². The quantitative estimate of drug-likeness (QED) is 0.689. The Labute approximate surface area is 108 Å². The van der Waals surface area contributed by atoms with Crippen molar-refractivity contribution in [2.75, 3.05) is 0 Å². The van der Waals surface area contributed by atoms with E-state index in [4.69, 9.17) is 0 Å². The number of ketones is 1. The topological polar surface area (TPSA) is 57.5 Å². The van der Waals surface area contributed by atoms with Crippen molar-refractivity contribution in [1.29, 1.82) is 0 Å². The smallest absolute Gasteiger partial charge is 0.164 e. The second kappa shape index (κ2) is 3.07. The molecule has 0 aromatic rings. The molecule has 0 radical (unpaired) electrons. The van der Waals surface area contributed by atoms with E-state index in [1.165, 1.54) is 0 Å². The molecule has 0 bridgehead atoms. The fourth-order valence-electron chi connectivity index (χ4n) is 4.31. The number of hydrogen-bond donors (Lipinski definition) is 2. The number of Topliss-reactive ketones (excluding diaryl/α,β-unsaturated/α-hetero) is 1. The first kappa shape index (κ1) is 12.4. The van der Waals surface area contributed by atoms with Crippen LogP contribution in [0, 0.1) is 16.7 Å². The summed E-state index contributed by atoms with van der Waals surface area (Å²) in [4.78, 5) is 12.5. The third-order valence-electron chi connectivity index (χ3n) is 5.76. The van der Waals surface area contributed by atoms with Gasteiger partial charge in [-0.15, -0.1) is 0 Å². The van der Waals surface area contributed by atoms with E-state index in [1.807, 2.05) is 20.8 Å². The third-order valence-corrected chi connectivity index (χ3v) is 5.76. The van der Waals surface area contributed by atoms with Crippen LogP contribution in [0.1, 0.15) is 47.0 Å². The summed E-state index contributed by atoms with van der Waals surface area (Å²) in [5.74, 6) is -0.0143. The largest absolute Gasteiger partial charge is 0.389 e. The van der Waals surface area contributed by atoms with Crippen molar-refractivity contribution in [2.24, 2.45) is 16.7 Å². The highest BCUT2D eigenvalue weighted by molar-refractivity contribution is 6.03. The zero-order valence-electron chi connectivity index (χ0n) is 11.6. The zero-order chi connectivity index (χ0) is 13.5. The molecule has 3 heteroatoms. The van der Waals surface area contributed by atoms with E-state index in [-0.39, 0.29) is 17.1 Å². The number of aliphatic hydroxyl groups excluding tert-OH is 1. The van der Waals surface area contributed by atoms with Crippen LogP contribution in [0.2, 0.25) is 0 Å². The fourth-order valence-corrected chi connectivity index (χ4v) is 4.31. The first-order valence-corrected chi connectivity index (χ1v) is 6.82. The summed E-state index contributed by atoms with van der Waals surface area (Å²) in [6.45, 7) is 7.60. The third kappa shape index (κ3) is 1.15. The second-order valence-electron chi connectivity index (χ2n) is 7.24. The SMILES string of the molecule is CC1=C2C(=O)C(C)(C)C[C@@H]2[C@@H](O)[C@](C)(O)C12CC2. The molecule has 2 saturated carbocycles. The van der Waals surface area contributed by atoms with Crippen LogP contribution < -0.4 is 0 Å². The van der Waals surface area contributed by atoms with Gasteiger partial charge in [0.1, 0.15) is 0 Å². The predicted octanol–water partition coefficient (Wildman–Crippen LogP) is 1.82. The minimum absolute atomic E-state index is 0.172. The Kier molecular flexibility index (Phi) is 2.11. The Bertz CT molecular complexity index is 466. The highest BCUT2D eigenvalue weighted by atomic mass is 16.3. The average molecular weight is 250 g/mol. The van der Waals surface area contributed by atoms with Crippen molar-refractivity contribution in [3.05, 3.63) is 11.1 Å². The lowest BCUT2D eigenvalue weighted by Crippen LogP contribution is -2.55.